The Morgan fingerprint density at radius 1 is 1.25 bits per heavy atom. The average molecular weight is 276 g/mol. The normalized spacial score (nSPS) is 11.6. The summed E-state index contributed by atoms with van der Waals surface area (Å²) in [6.07, 6.45) is 1.13. The molecule has 0 saturated carbocycles. The molecule has 0 aliphatic heterocycles. The van der Waals surface area contributed by atoms with E-state index in [0.29, 0.717) is 0 Å². The molecule has 4 heteroatoms. The number of nitrogens with zero attached hydrogens (tertiary/aromatic N) is 1. The zero-order valence-electron chi connectivity index (χ0n) is 12.4. The van der Waals surface area contributed by atoms with Crippen molar-refractivity contribution in [1.29, 1.82) is 0 Å². The molecule has 110 valence electrons. The lowest BCUT2D eigenvalue weighted by atomic mass is 10.2. The first-order valence-corrected chi connectivity index (χ1v) is 7.15. The molecule has 20 heavy (non-hydrogen) atoms. The zero-order chi connectivity index (χ0) is 14.2. The minimum Gasteiger partial charge on any atom is -0.460 e. The molecule has 2 aromatic rings. The Kier molecular flexibility index (Phi) is 6.05. The van der Waals surface area contributed by atoms with Gasteiger partial charge in [0.05, 0.1) is 13.2 Å². The molecule has 0 aliphatic carbocycles. The van der Waals surface area contributed by atoms with Gasteiger partial charge in [0.2, 0.25) is 0 Å². The highest BCUT2D eigenvalue weighted by atomic mass is 16.5. The molecule has 0 radical (unpaired) electrons. The molecule has 0 bridgehead atoms. The van der Waals surface area contributed by atoms with Crippen molar-refractivity contribution in [1.82, 2.24) is 10.2 Å². The van der Waals surface area contributed by atoms with Crippen LogP contribution in [0.2, 0.25) is 0 Å². The molecule has 1 aromatic carbocycles. The summed E-state index contributed by atoms with van der Waals surface area (Å²) in [5, 5.41) is 4.59. The molecular formula is C16H24N2O2. The molecule has 1 N–H and O–H groups in total. The van der Waals surface area contributed by atoms with Crippen LogP contribution in [-0.2, 0) is 11.3 Å². The van der Waals surface area contributed by atoms with Gasteiger partial charge in [-0.2, -0.15) is 0 Å². The lowest BCUT2D eigenvalue weighted by Crippen LogP contribution is -2.26. The van der Waals surface area contributed by atoms with Crippen LogP contribution in [0.15, 0.2) is 34.7 Å². The maximum atomic E-state index is 5.76. The fourth-order valence-corrected chi connectivity index (χ4v) is 2.17. The van der Waals surface area contributed by atoms with E-state index in [1.54, 1.807) is 7.11 Å². The first-order chi connectivity index (χ1) is 9.79. The molecule has 1 heterocycles. The number of nitrogens with one attached hydrogen (secondary N) is 1. The third kappa shape index (κ3) is 4.63. The first-order valence-electron chi connectivity index (χ1n) is 7.15. The lowest BCUT2D eigenvalue weighted by molar-refractivity contribution is 0.160. The van der Waals surface area contributed by atoms with Crippen molar-refractivity contribution in [3.05, 3.63) is 36.1 Å². The Balaban J connectivity index is 1.63. The highest BCUT2D eigenvalue weighted by Gasteiger charge is 2.02. The Labute approximate surface area is 120 Å². The van der Waals surface area contributed by atoms with Crippen LogP contribution in [0.5, 0.6) is 0 Å². The second-order valence-electron chi connectivity index (χ2n) is 5.08. The molecule has 0 unspecified atom stereocenters. The number of ether oxygens (including phenoxy) is 1. The molecule has 0 atom stereocenters. The van der Waals surface area contributed by atoms with Crippen LogP contribution in [0.4, 0.5) is 0 Å². The van der Waals surface area contributed by atoms with Crippen LogP contribution in [0.25, 0.3) is 11.0 Å². The number of benzene rings is 1. The lowest BCUT2D eigenvalue weighted by Gasteiger charge is -2.15. The number of methoxy groups -OCH3 is 1. The monoisotopic (exact) mass is 276 g/mol. The van der Waals surface area contributed by atoms with E-state index in [9.17, 15) is 0 Å². The summed E-state index contributed by atoms with van der Waals surface area (Å²) in [5.41, 5.74) is 0.962. The fourth-order valence-electron chi connectivity index (χ4n) is 2.17. The van der Waals surface area contributed by atoms with Crippen molar-refractivity contribution < 1.29 is 9.15 Å². The maximum absolute atomic E-state index is 5.76. The SMILES string of the molecule is COCCN(C)CCCNCc1cc2ccccc2o1. The summed E-state index contributed by atoms with van der Waals surface area (Å²) < 4.78 is 10.8. The molecule has 4 nitrogen and oxygen atoms in total. The first kappa shape index (κ1) is 15.0. The van der Waals surface area contributed by atoms with Crippen molar-refractivity contribution in [2.75, 3.05) is 40.4 Å². The van der Waals surface area contributed by atoms with Gasteiger partial charge in [-0.15, -0.1) is 0 Å². The van der Waals surface area contributed by atoms with E-state index in [1.165, 1.54) is 5.39 Å². The highest BCUT2D eigenvalue weighted by molar-refractivity contribution is 5.77. The minimum absolute atomic E-state index is 0.788. The van der Waals surface area contributed by atoms with E-state index in [1.807, 2.05) is 18.2 Å². The third-order valence-corrected chi connectivity index (χ3v) is 3.35. The topological polar surface area (TPSA) is 37.6 Å². The van der Waals surface area contributed by atoms with E-state index in [4.69, 9.17) is 9.15 Å². The number of likely N-dealkylation sites (N-methyl/N-ethyl adjacent to an activating group) is 1. The van der Waals surface area contributed by atoms with Gasteiger partial charge in [-0.25, -0.2) is 0 Å². The van der Waals surface area contributed by atoms with E-state index < -0.39 is 0 Å². The van der Waals surface area contributed by atoms with Crippen molar-refractivity contribution in [3.8, 4) is 0 Å². The Morgan fingerprint density at radius 3 is 2.90 bits per heavy atom. The minimum atomic E-state index is 0.788. The highest BCUT2D eigenvalue weighted by Crippen LogP contribution is 2.18. The van der Waals surface area contributed by atoms with E-state index >= 15 is 0 Å². The number of furan rings is 1. The largest absolute Gasteiger partial charge is 0.460 e. The van der Waals surface area contributed by atoms with Crippen LogP contribution in [0.3, 0.4) is 0 Å². The van der Waals surface area contributed by atoms with Crippen molar-refractivity contribution in [3.63, 3.8) is 0 Å². The second kappa shape index (κ2) is 8.04. The summed E-state index contributed by atoms with van der Waals surface area (Å²) in [7, 11) is 3.86. The number of rotatable bonds is 9. The van der Waals surface area contributed by atoms with Crippen molar-refractivity contribution in [2.24, 2.45) is 0 Å². The van der Waals surface area contributed by atoms with Gasteiger partial charge in [-0.3, -0.25) is 0 Å². The van der Waals surface area contributed by atoms with Crippen molar-refractivity contribution in [2.45, 2.75) is 13.0 Å². The fraction of sp³-hybridized carbons (Fsp3) is 0.500. The maximum Gasteiger partial charge on any atom is 0.134 e. The molecule has 1 aromatic heterocycles. The quantitative estimate of drug-likeness (QED) is 0.714. The number of fused-ring (bicyclic) bond motifs is 1. The van der Waals surface area contributed by atoms with Gasteiger partial charge >= 0.3 is 0 Å². The second-order valence-corrected chi connectivity index (χ2v) is 5.08. The predicted octanol–water partition coefficient (Wildman–Crippen LogP) is 2.49. The van der Waals surface area contributed by atoms with Gasteiger partial charge in [-0.1, -0.05) is 18.2 Å². The van der Waals surface area contributed by atoms with Crippen LogP contribution in [-0.4, -0.2) is 45.3 Å². The van der Waals surface area contributed by atoms with Gasteiger partial charge < -0.3 is 19.4 Å². The standard InChI is InChI=1S/C16H24N2O2/c1-18(10-11-19-2)9-5-8-17-13-15-12-14-6-3-4-7-16(14)20-15/h3-4,6-7,12,17H,5,8-11,13H2,1-2H3. The van der Waals surface area contributed by atoms with Gasteiger partial charge in [0.15, 0.2) is 0 Å². The van der Waals surface area contributed by atoms with Gasteiger partial charge in [0, 0.05) is 19.0 Å². The summed E-state index contributed by atoms with van der Waals surface area (Å²) in [6, 6.07) is 10.2. The van der Waals surface area contributed by atoms with Crippen LogP contribution in [0.1, 0.15) is 12.2 Å². The molecule has 2 rings (SSSR count). The zero-order valence-corrected chi connectivity index (χ0v) is 12.4. The van der Waals surface area contributed by atoms with Gasteiger partial charge in [0.25, 0.3) is 0 Å². The molecular weight excluding hydrogens is 252 g/mol. The molecule has 0 fully saturated rings. The molecule has 0 amide bonds. The van der Waals surface area contributed by atoms with Crippen LogP contribution in [0, 0.1) is 0 Å². The third-order valence-electron chi connectivity index (χ3n) is 3.35. The Bertz CT molecular complexity index is 477. The smallest absolute Gasteiger partial charge is 0.134 e. The average Bonchev–Trinajstić information content (AvgIpc) is 2.87. The number of hydrogen-bond acceptors (Lipinski definition) is 4. The Morgan fingerprint density at radius 2 is 2.10 bits per heavy atom. The van der Waals surface area contributed by atoms with Gasteiger partial charge in [-0.05, 0) is 38.7 Å². The molecule has 0 aliphatic rings. The van der Waals surface area contributed by atoms with E-state index in [-0.39, 0.29) is 0 Å². The van der Waals surface area contributed by atoms with E-state index in [2.05, 4.69) is 29.4 Å². The summed E-state index contributed by atoms with van der Waals surface area (Å²) in [4.78, 5) is 2.28. The van der Waals surface area contributed by atoms with E-state index in [0.717, 1.165) is 50.5 Å². The summed E-state index contributed by atoms with van der Waals surface area (Å²) in [6.45, 7) is 4.64. The van der Waals surface area contributed by atoms with Crippen molar-refractivity contribution >= 4 is 11.0 Å². The molecule has 0 spiro atoms. The number of hydrogen-bond donors (Lipinski definition) is 1. The van der Waals surface area contributed by atoms with Crippen LogP contribution < -0.4 is 5.32 Å². The summed E-state index contributed by atoms with van der Waals surface area (Å²) >= 11 is 0. The summed E-state index contributed by atoms with van der Waals surface area (Å²) in [5.74, 6) is 0.999. The predicted molar refractivity (Wildman–Crippen MR) is 81.9 cm³/mol. The number of para-hydroxylation sites is 1. The molecule has 0 saturated heterocycles. The van der Waals surface area contributed by atoms with Crippen LogP contribution >= 0.6 is 0 Å². The Hall–Kier alpha value is -1.36. The van der Waals surface area contributed by atoms with Gasteiger partial charge in [0.1, 0.15) is 11.3 Å².